The van der Waals surface area contributed by atoms with Gasteiger partial charge < -0.3 is 5.11 Å². The van der Waals surface area contributed by atoms with Crippen molar-refractivity contribution in [1.29, 1.82) is 0 Å². The average molecular weight is 276 g/mol. The predicted molar refractivity (Wildman–Crippen MR) is 65.9 cm³/mol. The first kappa shape index (κ1) is 13.7. The van der Waals surface area contributed by atoms with Crippen LogP contribution in [0.5, 0.6) is 0 Å². The van der Waals surface area contributed by atoms with Gasteiger partial charge >= 0.3 is 0 Å². The Balaban J connectivity index is 2.08. The first-order chi connectivity index (χ1) is 8.59. The van der Waals surface area contributed by atoms with Crippen LogP contribution in [0.1, 0.15) is 30.9 Å². The fourth-order valence-corrected chi connectivity index (χ4v) is 3.43. The minimum atomic E-state index is -1.51. The number of aliphatic hydroxyl groups excluding tert-OH is 1. The van der Waals surface area contributed by atoms with Crippen LogP contribution in [-0.2, 0) is 0 Å². The number of hydrogen-bond donors (Lipinski definition) is 1. The number of aliphatic hydroxyl groups is 1. The molecule has 1 saturated heterocycles. The fraction of sp³-hybridized carbons (Fsp3) is 0.538. The SMILES string of the molecule is OC(CC1CCSCC1)c1ccc(F)c(F)c1F. The van der Waals surface area contributed by atoms with Crippen molar-refractivity contribution < 1.29 is 18.3 Å². The molecule has 0 saturated carbocycles. The van der Waals surface area contributed by atoms with Crippen LogP contribution in [0.3, 0.4) is 0 Å². The highest BCUT2D eigenvalue weighted by Crippen LogP contribution is 2.32. The lowest BCUT2D eigenvalue weighted by atomic mass is 9.92. The van der Waals surface area contributed by atoms with E-state index in [0.29, 0.717) is 12.3 Å². The van der Waals surface area contributed by atoms with Crippen LogP contribution < -0.4 is 0 Å². The van der Waals surface area contributed by atoms with Gasteiger partial charge in [0.2, 0.25) is 0 Å². The minimum Gasteiger partial charge on any atom is -0.388 e. The normalized spacial score (nSPS) is 18.9. The van der Waals surface area contributed by atoms with E-state index in [1.165, 1.54) is 0 Å². The van der Waals surface area contributed by atoms with E-state index in [1.54, 1.807) is 0 Å². The van der Waals surface area contributed by atoms with Gasteiger partial charge in [0.25, 0.3) is 0 Å². The van der Waals surface area contributed by atoms with Crippen LogP contribution in [0.25, 0.3) is 0 Å². The summed E-state index contributed by atoms with van der Waals surface area (Å²) >= 11 is 1.86. The molecule has 0 spiro atoms. The minimum absolute atomic E-state index is 0.146. The molecule has 0 radical (unpaired) electrons. The third-order valence-electron chi connectivity index (χ3n) is 3.32. The van der Waals surface area contributed by atoms with Gasteiger partial charge in [-0.25, -0.2) is 13.2 Å². The quantitative estimate of drug-likeness (QED) is 0.850. The Hall–Kier alpha value is -0.680. The van der Waals surface area contributed by atoms with Crippen LogP contribution >= 0.6 is 11.8 Å². The molecule has 2 rings (SSSR count). The van der Waals surface area contributed by atoms with Crippen LogP contribution in [0.15, 0.2) is 12.1 Å². The number of rotatable bonds is 3. The molecule has 1 N–H and O–H groups in total. The van der Waals surface area contributed by atoms with E-state index in [-0.39, 0.29) is 5.56 Å². The second-order valence-electron chi connectivity index (χ2n) is 4.57. The summed E-state index contributed by atoms with van der Waals surface area (Å²) in [5.41, 5.74) is -0.146. The molecule has 1 nitrogen and oxygen atoms in total. The van der Waals surface area contributed by atoms with Gasteiger partial charge in [-0.05, 0) is 42.8 Å². The molecule has 1 atom stereocenters. The number of halogens is 3. The lowest BCUT2D eigenvalue weighted by Crippen LogP contribution is -2.14. The van der Waals surface area contributed by atoms with Crippen LogP contribution in [-0.4, -0.2) is 16.6 Å². The molecule has 1 aliphatic heterocycles. The van der Waals surface area contributed by atoms with Crippen LogP contribution in [0.2, 0.25) is 0 Å². The lowest BCUT2D eigenvalue weighted by Gasteiger charge is -2.24. The zero-order valence-electron chi connectivity index (χ0n) is 9.83. The highest BCUT2D eigenvalue weighted by Gasteiger charge is 2.23. The monoisotopic (exact) mass is 276 g/mol. The van der Waals surface area contributed by atoms with Gasteiger partial charge in [-0.1, -0.05) is 6.07 Å². The largest absolute Gasteiger partial charge is 0.388 e. The molecule has 0 bridgehead atoms. The molecule has 1 aromatic rings. The molecule has 0 amide bonds. The van der Waals surface area contributed by atoms with Crippen molar-refractivity contribution in [2.75, 3.05) is 11.5 Å². The van der Waals surface area contributed by atoms with Crippen LogP contribution in [0.4, 0.5) is 13.2 Å². The van der Waals surface area contributed by atoms with Crippen molar-refractivity contribution in [3.05, 3.63) is 35.1 Å². The third-order valence-corrected chi connectivity index (χ3v) is 4.37. The van der Waals surface area contributed by atoms with Gasteiger partial charge in [-0.2, -0.15) is 11.8 Å². The maximum atomic E-state index is 13.5. The van der Waals surface area contributed by atoms with Crippen molar-refractivity contribution in [2.45, 2.75) is 25.4 Å². The highest BCUT2D eigenvalue weighted by atomic mass is 32.2. The Morgan fingerprint density at radius 1 is 1.17 bits per heavy atom. The summed E-state index contributed by atoms with van der Waals surface area (Å²) < 4.78 is 39.3. The second-order valence-corrected chi connectivity index (χ2v) is 5.80. The molecule has 0 aromatic heterocycles. The van der Waals surface area contributed by atoms with Crippen molar-refractivity contribution in [3.63, 3.8) is 0 Å². The van der Waals surface area contributed by atoms with Gasteiger partial charge in [-0.15, -0.1) is 0 Å². The molecule has 0 aliphatic carbocycles. The smallest absolute Gasteiger partial charge is 0.194 e. The molecule has 18 heavy (non-hydrogen) atoms. The molecule has 100 valence electrons. The predicted octanol–water partition coefficient (Wildman–Crippen LogP) is 3.67. The van der Waals surface area contributed by atoms with Crippen LogP contribution in [0, 0.1) is 23.4 Å². The molecular weight excluding hydrogens is 261 g/mol. The summed E-state index contributed by atoms with van der Waals surface area (Å²) in [5.74, 6) is -1.60. The van der Waals surface area contributed by atoms with Gasteiger partial charge in [0.1, 0.15) is 0 Å². The van der Waals surface area contributed by atoms with Gasteiger partial charge in [-0.3, -0.25) is 0 Å². The van der Waals surface area contributed by atoms with E-state index in [9.17, 15) is 18.3 Å². The molecule has 1 aromatic carbocycles. The summed E-state index contributed by atoms with van der Waals surface area (Å²) in [6.07, 6.45) is 1.30. The summed E-state index contributed by atoms with van der Waals surface area (Å²) in [5, 5.41) is 9.93. The van der Waals surface area contributed by atoms with Gasteiger partial charge in [0, 0.05) is 5.56 Å². The fourth-order valence-electron chi connectivity index (χ4n) is 2.22. The molecule has 5 heteroatoms. The van der Waals surface area contributed by atoms with E-state index in [4.69, 9.17) is 0 Å². The molecule has 1 aliphatic rings. The standard InChI is InChI=1S/C13H15F3OS/c14-10-2-1-9(12(15)13(10)16)11(17)7-8-3-5-18-6-4-8/h1-2,8,11,17H,3-7H2. The Kier molecular flexibility index (Phi) is 4.56. The number of thioether (sulfide) groups is 1. The number of benzene rings is 1. The van der Waals surface area contributed by atoms with Crippen molar-refractivity contribution in [1.82, 2.24) is 0 Å². The highest BCUT2D eigenvalue weighted by molar-refractivity contribution is 7.99. The molecule has 1 unspecified atom stereocenters. The maximum absolute atomic E-state index is 13.5. The van der Waals surface area contributed by atoms with Gasteiger partial charge in [0.15, 0.2) is 17.5 Å². The average Bonchev–Trinajstić information content (AvgIpc) is 2.37. The Morgan fingerprint density at radius 2 is 1.83 bits per heavy atom. The van der Waals surface area contributed by atoms with E-state index >= 15 is 0 Å². The van der Waals surface area contributed by atoms with E-state index < -0.39 is 23.6 Å². The summed E-state index contributed by atoms with van der Waals surface area (Å²) in [6, 6.07) is 1.98. The molecular formula is C13H15F3OS. The van der Waals surface area contributed by atoms with E-state index in [0.717, 1.165) is 36.5 Å². The Bertz CT molecular complexity index is 419. The van der Waals surface area contributed by atoms with E-state index in [2.05, 4.69) is 0 Å². The lowest BCUT2D eigenvalue weighted by molar-refractivity contribution is 0.136. The van der Waals surface area contributed by atoms with Gasteiger partial charge in [0.05, 0.1) is 6.10 Å². The molecule has 1 heterocycles. The molecule has 1 fully saturated rings. The first-order valence-corrected chi connectivity index (χ1v) is 7.14. The first-order valence-electron chi connectivity index (χ1n) is 5.98. The summed E-state index contributed by atoms with van der Waals surface area (Å²) in [4.78, 5) is 0. The van der Waals surface area contributed by atoms with Crippen molar-refractivity contribution in [2.24, 2.45) is 5.92 Å². The Labute approximate surface area is 108 Å². The van der Waals surface area contributed by atoms with Crippen molar-refractivity contribution >= 4 is 11.8 Å². The zero-order chi connectivity index (χ0) is 13.1. The van der Waals surface area contributed by atoms with Crippen molar-refractivity contribution in [3.8, 4) is 0 Å². The topological polar surface area (TPSA) is 20.2 Å². The van der Waals surface area contributed by atoms with E-state index in [1.807, 2.05) is 11.8 Å². The second kappa shape index (κ2) is 5.97. The number of hydrogen-bond acceptors (Lipinski definition) is 2. The summed E-state index contributed by atoms with van der Waals surface area (Å²) in [7, 11) is 0. The third kappa shape index (κ3) is 3.01. The Morgan fingerprint density at radius 3 is 2.50 bits per heavy atom. The maximum Gasteiger partial charge on any atom is 0.194 e. The zero-order valence-corrected chi connectivity index (χ0v) is 10.7. The summed E-state index contributed by atoms with van der Waals surface area (Å²) in [6.45, 7) is 0.